The molecule has 0 spiro atoms. The van der Waals surface area contributed by atoms with E-state index in [4.69, 9.17) is 16.3 Å². The average molecular weight is 612 g/mol. The Morgan fingerprint density at radius 2 is 1.70 bits per heavy atom. The van der Waals surface area contributed by atoms with E-state index < -0.39 is 17.0 Å². The fourth-order valence-electron chi connectivity index (χ4n) is 3.12. The van der Waals surface area contributed by atoms with E-state index in [0.717, 1.165) is 22.2 Å². The van der Waals surface area contributed by atoms with Gasteiger partial charge in [0.25, 0.3) is 11.1 Å². The van der Waals surface area contributed by atoms with Gasteiger partial charge in [-0.15, -0.1) is 0 Å². The summed E-state index contributed by atoms with van der Waals surface area (Å²) in [5.74, 6) is -0.305. The largest absolute Gasteiger partial charge is 0.487 e. The second-order valence-electron chi connectivity index (χ2n) is 7.09. The molecule has 1 fully saturated rings. The van der Waals surface area contributed by atoms with Crippen molar-refractivity contribution in [2.24, 2.45) is 0 Å². The fraction of sp³-hybridized carbons (Fsp3) is 0.0833. The topological polar surface area (TPSA) is 46.6 Å². The molecule has 0 bridgehead atoms. The van der Waals surface area contributed by atoms with Crippen LogP contribution in [-0.2, 0) is 17.9 Å². The summed E-state index contributed by atoms with van der Waals surface area (Å²) in [6.45, 7) is 0.238. The highest BCUT2D eigenvalue weighted by Crippen LogP contribution is 2.38. The van der Waals surface area contributed by atoms with Crippen molar-refractivity contribution in [3.05, 3.63) is 102 Å². The molecule has 0 saturated carbocycles. The van der Waals surface area contributed by atoms with Crippen LogP contribution in [0.3, 0.4) is 0 Å². The summed E-state index contributed by atoms with van der Waals surface area (Å²) in [7, 11) is 0. The number of carbonyl (C=O) groups excluding carboxylic acids is 2. The Morgan fingerprint density at radius 1 is 1.03 bits per heavy atom. The van der Waals surface area contributed by atoms with E-state index in [-0.39, 0.29) is 17.0 Å². The van der Waals surface area contributed by atoms with Crippen LogP contribution in [0, 0.1) is 5.82 Å². The van der Waals surface area contributed by atoms with E-state index in [2.05, 4.69) is 31.9 Å². The molecule has 1 saturated heterocycles. The molecule has 3 aromatic rings. The molecule has 9 heteroatoms. The van der Waals surface area contributed by atoms with Gasteiger partial charge in [0.05, 0.1) is 20.4 Å². The number of thioether (sulfide) groups is 1. The van der Waals surface area contributed by atoms with Crippen molar-refractivity contribution in [3.63, 3.8) is 0 Å². The van der Waals surface area contributed by atoms with Crippen LogP contribution in [0.2, 0.25) is 5.02 Å². The van der Waals surface area contributed by atoms with E-state index in [1.807, 2.05) is 12.1 Å². The molecule has 33 heavy (non-hydrogen) atoms. The molecule has 4 rings (SSSR count). The molecule has 0 radical (unpaired) electrons. The summed E-state index contributed by atoms with van der Waals surface area (Å²) in [6.07, 6.45) is 1.63. The number of hydrogen-bond acceptors (Lipinski definition) is 4. The van der Waals surface area contributed by atoms with Crippen LogP contribution in [0.5, 0.6) is 5.75 Å². The summed E-state index contributed by atoms with van der Waals surface area (Å²) in [4.78, 5) is 26.5. The first kappa shape index (κ1) is 24.0. The van der Waals surface area contributed by atoms with Gasteiger partial charge in [0.15, 0.2) is 0 Å². The van der Waals surface area contributed by atoms with Crippen LogP contribution in [0.1, 0.15) is 16.7 Å². The van der Waals surface area contributed by atoms with Gasteiger partial charge in [-0.2, -0.15) is 0 Å². The first-order valence-electron chi connectivity index (χ1n) is 9.67. The molecule has 1 aliphatic heterocycles. The van der Waals surface area contributed by atoms with Gasteiger partial charge in [-0.1, -0.05) is 41.9 Å². The van der Waals surface area contributed by atoms with Crippen molar-refractivity contribution in [2.75, 3.05) is 0 Å². The highest BCUT2D eigenvalue weighted by molar-refractivity contribution is 9.11. The maximum atomic E-state index is 14.0. The Kier molecular flexibility index (Phi) is 7.58. The molecule has 0 aliphatic carbocycles. The van der Waals surface area contributed by atoms with E-state index >= 15 is 0 Å². The molecular formula is C24H15Br2ClFNO3S. The molecular weight excluding hydrogens is 597 g/mol. The summed E-state index contributed by atoms with van der Waals surface area (Å²) in [5.41, 5.74) is 1.95. The number of carbonyl (C=O) groups is 2. The van der Waals surface area contributed by atoms with Crippen LogP contribution in [0.4, 0.5) is 9.18 Å². The smallest absolute Gasteiger partial charge is 0.293 e. The standard InChI is InChI=1S/C24H15Br2ClFNO3S/c25-18-9-15(10-19(26)22(18)32-13-14-5-7-17(27)8-6-14)11-21-23(30)29(24(31)33-21)12-16-3-1-2-4-20(16)28/h1-11H,12-13H2/b21-11+. The van der Waals surface area contributed by atoms with Crippen molar-refractivity contribution >= 4 is 72.4 Å². The van der Waals surface area contributed by atoms with Gasteiger partial charge < -0.3 is 4.74 Å². The van der Waals surface area contributed by atoms with Crippen LogP contribution < -0.4 is 4.74 Å². The van der Waals surface area contributed by atoms with E-state index in [1.54, 1.807) is 48.5 Å². The monoisotopic (exact) mass is 609 g/mol. The Morgan fingerprint density at radius 3 is 2.36 bits per heavy atom. The van der Waals surface area contributed by atoms with Crippen molar-refractivity contribution in [1.82, 2.24) is 4.90 Å². The van der Waals surface area contributed by atoms with Crippen molar-refractivity contribution in [1.29, 1.82) is 0 Å². The Labute approximate surface area is 216 Å². The van der Waals surface area contributed by atoms with Gasteiger partial charge in [0.2, 0.25) is 0 Å². The predicted molar refractivity (Wildman–Crippen MR) is 136 cm³/mol. The molecule has 0 N–H and O–H groups in total. The van der Waals surface area contributed by atoms with Crippen molar-refractivity contribution in [2.45, 2.75) is 13.2 Å². The summed E-state index contributed by atoms with van der Waals surface area (Å²) >= 11 is 13.8. The lowest BCUT2D eigenvalue weighted by Crippen LogP contribution is -2.27. The van der Waals surface area contributed by atoms with Crippen molar-refractivity contribution < 1.29 is 18.7 Å². The summed E-state index contributed by atoms with van der Waals surface area (Å²) in [5, 5.41) is 0.222. The van der Waals surface area contributed by atoms with Crippen LogP contribution in [-0.4, -0.2) is 16.0 Å². The molecule has 0 unspecified atom stereocenters. The third kappa shape index (κ3) is 5.69. The van der Waals surface area contributed by atoms with E-state index in [0.29, 0.717) is 31.9 Å². The second-order valence-corrected chi connectivity index (χ2v) is 10.2. The zero-order valence-electron chi connectivity index (χ0n) is 16.9. The normalized spacial score (nSPS) is 14.9. The molecule has 0 aromatic heterocycles. The predicted octanol–water partition coefficient (Wildman–Crippen LogP) is 7.82. The summed E-state index contributed by atoms with van der Waals surface area (Å²) < 4.78 is 21.2. The van der Waals surface area contributed by atoms with Crippen LogP contribution in [0.25, 0.3) is 6.08 Å². The zero-order valence-corrected chi connectivity index (χ0v) is 21.6. The van der Waals surface area contributed by atoms with Gasteiger partial charge in [-0.3, -0.25) is 14.5 Å². The fourth-order valence-corrected chi connectivity index (χ4v) is 5.54. The number of ether oxygens (including phenoxy) is 1. The lowest BCUT2D eigenvalue weighted by Gasteiger charge is -2.13. The Bertz CT molecular complexity index is 1240. The van der Waals surface area contributed by atoms with Crippen LogP contribution in [0.15, 0.2) is 74.5 Å². The SMILES string of the molecule is O=C1S/C(=C/c2cc(Br)c(OCc3ccc(Cl)cc3)c(Br)c2)C(=O)N1Cc1ccccc1F. The number of hydrogen-bond donors (Lipinski definition) is 0. The molecule has 3 aromatic carbocycles. The Balaban J connectivity index is 1.50. The third-order valence-electron chi connectivity index (χ3n) is 4.77. The zero-order chi connectivity index (χ0) is 23.5. The second kappa shape index (κ2) is 10.4. The van der Waals surface area contributed by atoms with Crippen molar-refractivity contribution in [3.8, 4) is 5.75 Å². The van der Waals surface area contributed by atoms with Gasteiger partial charge in [-0.25, -0.2) is 4.39 Å². The lowest BCUT2D eigenvalue weighted by molar-refractivity contribution is -0.123. The minimum absolute atomic E-state index is 0.112. The molecule has 2 amide bonds. The first-order chi connectivity index (χ1) is 15.8. The van der Waals surface area contributed by atoms with E-state index in [1.165, 1.54) is 6.07 Å². The maximum Gasteiger partial charge on any atom is 0.293 e. The van der Waals surface area contributed by atoms with Gasteiger partial charge in [0.1, 0.15) is 18.2 Å². The minimum Gasteiger partial charge on any atom is -0.487 e. The number of halogens is 4. The van der Waals surface area contributed by atoms with Gasteiger partial charge >= 0.3 is 0 Å². The molecule has 0 atom stereocenters. The number of nitrogens with zero attached hydrogens (tertiary/aromatic N) is 1. The van der Waals surface area contributed by atoms with Gasteiger partial charge in [0, 0.05) is 10.6 Å². The highest BCUT2D eigenvalue weighted by atomic mass is 79.9. The molecule has 1 heterocycles. The molecule has 1 aliphatic rings. The minimum atomic E-state index is -0.456. The lowest BCUT2D eigenvalue weighted by atomic mass is 10.2. The van der Waals surface area contributed by atoms with Gasteiger partial charge in [-0.05, 0) is 91.2 Å². The number of amides is 2. The Hall–Kier alpha value is -2.13. The third-order valence-corrected chi connectivity index (χ3v) is 7.11. The first-order valence-corrected chi connectivity index (χ1v) is 12.4. The molecule has 168 valence electrons. The average Bonchev–Trinajstić information content (AvgIpc) is 3.03. The number of imide groups is 1. The summed E-state index contributed by atoms with van der Waals surface area (Å²) in [6, 6.07) is 17.0. The molecule has 4 nitrogen and oxygen atoms in total. The maximum absolute atomic E-state index is 14.0. The number of rotatable bonds is 6. The van der Waals surface area contributed by atoms with Crippen LogP contribution >= 0.6 is 55.2 Å². The quantitative estimate of drug-likeness (QED) is 0.267. The highest BCUT2D eigenvalue weighted by Gasteiger charge is 2.35. The number of benzene rings is 3. The van der Waals surface area contributed by atoms with E-state index in [9.17, 15) is 14.0 Å².